The molecule has 30 heavy (non-hydrogen) atoms. The number of thioether (sulfide) groups is 1. The van der Waals surface area contributed by atoms with Crippen LogP contribution in [0.1, 0.15) is 55.3 Å². The lowest BCUT2D eigenvalue weighted by Gasteiger charge is -2.31. The summed E-state index contributed by atoms with van der Waals surface area (Å²) in [5, 5.41) is 11.1. The Morgan fingerprint density at radius 1 is 1.13 bits per heavy atom. The lowest BCUT2D eigenvalue weighted by atomic mass is 10.00. The van der Waals surface area contributed by atoms with Gasteiger partial charge in [0.2, 0.25) is 5.95 Å². The number of aryl methyl sites for hydroxylation is 2. The van der Waals surface area contributed by atoms with Crippen molar-refractivity contribution in [3.8, 4) is 0 Å². The third-order valence-corrected chi connectivity index (χ3v) is 7.49. The van der Waals surface area contributed by atoms with E-state index in [4.69, 9.17) is 4.42 Å². The van der Waals surface area contributed by atoms with Crippen LogP contribution >= 0.6 is 11.8 Å². The SMILES string of the molecule is Cc1ccc2c(CSc3nnc(N4CCC(C)CC4)n3C3CC3)cc(=O)oc2c1C. The molecule has 0 atom stereocenters. The molecule has 0 radical (unpaired) electrons. The maximum absolute atomic E-state index is 12.2. The molecule has 7 heteroatoms. The zero-order valence-corrected chi connectivity index (χ0v) is 18.7. The van der Waals surface area contributed by atoms with Gasteiger partial charge in [-0.3, -0.25) is 4.57 Å². The summed E-state index contributed by atoms with van der Waals surface area (Å²) in [6.07, 6.45) is 4.81. The van der Waals surface area contributed by atoms with Crippen molar-refractivity contribution >= 4 is 28.7 Å². The topological polar surface area (TPSA) is 64.2 Å². The normalized spacial score (nSPS) is 17.8. The molecular weight excluding hydrogens is 396 g/mol. The molecule has 1 aliphatic carbocycles. The van der Waals surface area contributed by atoms with Crippen molar-refractivity contribution in [2.45, 2.75) is 63.4 Å². The van der Waals surface area contributed by atoms with Crippen molar-refractivity contribution in [2.75, 3.05) is 18.0 Å². The first-order valence-electron chi connectivity index (χ1n) is 10.9. The second-order valence-electron chi connectivity index (χ2n) is 8.82. The van der Waals surface area contributed by atoms with Crippen LogP contribution in [0.4, 0.5) is 5.95 Å². The number of hydrogen-bond acceptors (Lipinski definition) is 6. The van der Waals surface area contributed by atoms with Crippen molar-refractivity contribution in [3.63, 3.8) is 0 Å². The van der Waals surface area contributed by atoms with Gasteiger partial charge < -0.3 is 9.32 Å². The minimum absolute atomic E-state index is 0.293. The lowest BCUT2D eigenvalue weighted by molar-refractivity contribution is 0.429. The largest absolute Gasteiger partial charge is 0.422 e. The monoisotopic (exact) mass is 424 g/mol. The Bertz CT molecular complexity index is 1140. The summed E-state index contributed by atoms with van der Waals surface area (Å²) < 4.78 is 7.86. The van der Waals surface area contributed by atoms with Crippen LogP contribution < -0.4 is 10.5 Å². The molecule has 1 saturated carbocycles. The Morgan fingerprint density at radius 3 is 2.63 bits per heavy atom. The molecule has 0 spiro atoms. The molecule has 0 unspecified atom stereocenters. The van der Waals surface area contributed by atoms with E-state index in [1.165, 1.54) is 25.7 Å². The summed E-state index contributed by atoms with van der Waals surface area (Å²) in [6, 6.07) is 6.28. The first-order valence-corrected chi connectivity index (χ1v) is 11.9. The van der Waals surface area contributed by atoms with Gasteiger partial charge in [0, 0.05) is 36.3 Å². The number of aromatic nitrogens is 3. The number of rotatable bonds is 5. The Hall–Kier alpha value is -2.28. The van der Waals surface area contributed by atoms with Crippen LogP contribution in [0.2, 0.25) is 0 Å². The van der Waals surface area contributed by atoms with Crippen molar-refractivity contribution in [2.24, 2.45) is 5.92 Å². The average Bonchev–Trinajstić information content (AvgIpc) is 3.49. The van der Waals surface area contributed by atoms with Crippen LogP contribution in [0.3, 0.4) is 0 Å². The fraction of sp³-hybridized carbons (Fsp3) is 0.522. The molecular formula is C23H28N4O2S. The molecule has 2 fully saturated rings. The van der Waals surface area contributed by atoms with Gasteiger partial charge in [0.05, 0.1) is 0 Å². The highest BCUT2D eigenvalue weighted by Gasteiger charge is 2.32. The van der Waals surface area contributed by atoms with E-state index >= 15 is 0 Å². The molecule has 3 aromatic rings. The number of piperidine rings is 1. The van der Waals surface area contributed by atoms with E-state index in [0.717, 1.165) is 52.2 Å². The number of hydrogen-bond donors (Lipinski definition) is 0. The van der Waals surface area contributed by atoms with Crippen LogP contribution in [0.25, 0.3) is 11.0 Å². The highest BCUT2D eigenvalue weighted by Crippen LogP contribution is 2.42. The fourth-order valence-corrected chi connectivity index (χ4v) is 5.22. The van der Waals surface area contributed by atoms with Gasteiger partial charge in [0.25, 0.3) is 0 Å². The highest BCUT2D eigenvalue weighted by atomic mass is 32.2. The molecule has 0 N–H and O–H groups in total. The van der Waals surface area contributed by atoms with Gasteiger partial charge in [0.1, 0.15) is 5.58 Å². The van der Waals surface area contributed by atoms with Gasteiger partial charge in [-0.15, -0.1) is 10.2 Å². The van der Waals surface area contributed by atoms with Crippen molar-refractivity contribution < 1.29 is 4.42 Å². The zero-order valence-electron chi connectivity index (χ0n) is 17.9. The molecule has 0 amide bonds. The summed E-state index contributed by atoms with van der Waals surface area (Å²) in [4.78, 5) is 14.6. The molecule has 2 aromatic heterocycles. The Kier molecular flexibility index (Phi) is 5.09. The Morgan fingerprint density at radius 2 is 1.90 bits per heavy atom. The molecule has 1 saturated heterocycles. The third kappa shape index (κ3) is 3.64. The van der Waals surface area contributed by atoms with Gasteiger partial charge in [-0.1, -0.05) is 30.8 Å². The van der Waals surface area contributed by atoms with Crippen molar-refractivity contribution in [3.05, 3.63) is 45.3 Å². The van der Waals surface area contributed by atoms with Crippen LogP contribution in [0, 0.1) is 19.8 Å². The zero-order chi connectivity index (χ0) is 20.8. The summed E-state index contributed by atoms with van der Waals surface area (Å²) in [7, 11) is 0. The summed E-state index contributed by atoms with van der Waals surface area (Å²) in [5.74, 6) is 2.49. The van der Waals surface area contributed by atoms with Crippen LogP contribution in [0.5, 0.6) is 0 Å². The number of fused-ring (bicyclic) bond motifs is 1. The quantitative estimate of drug-likeness (QED) is 0.430. The number of anilines is 1. The predicted octanol–water partition coefficient (Wildman–Crippen LogP) is 4.86. The lowest BCUT2D eigenvalue weighted by Crippen LogP contribution is -2.34. The summed E-state index contributed by atoms with van der Waals surface area (Å²) in [6.45, 7) is 8.48. The van der Waals surface area contributed by atoms with E-state index in [-0.39, 0.29) is 5.63 Å². The fourth-order valence-electron chi connectivity index (χ4n) is 4.23. The Labute approximate surface area is 180 Å². The number of benzene rings is 1. The van der Waals surface area contributed by atoms with Crippen LogP contribution in [0.15, 0.2) is 32.6 Å². The number of nitrogens with zero attached hydrogens (tertiary/aromatic N) is 4. The maximum atomic E-state index is 12.2. The van der Waals surface area contributed by atoms with E-state index < -0.39 is 0 Å². The molecule has 3 heterocycles. The average molecular weight is 425 g/mol. The summed E-state index contributed by atoms with van der Waals surface area (Å²) in [5.41, 5.74) is 3.56. The maximum Gasteiger partial charge on any atom is 0.336 e. The molecule has 1 aliphatic heterocycles. The molecule has 6 nitrogen and oxygen atoms in total. The third-order valence-electron chi connectivity index (χ3n) is 6.50. The minimum Gasteiger partial charge on any atom is -0.422 e. The molecule has 158 valence electrons. The van der Waals surface area contributed by atoms with E-state index in [9.17, 15) is 4.79 Å². The van der Waals surface area contributed by atoms with Crippen LogP contribution in [-0.2, 0) is 5.75 Å². The molecule has 5 rings (SSSR count). The van der Waals surface area contributed by atoms with E-state index in [1.54, 1.807) is 17.8 Å². The second-order valence-corrected chi connectivity index (χ2v) is 9.76. The minimum atomic E-state index is -0.293. The second kappa shape index (κ2) is 7.76. The van der Waals surface area contributed by atoms with Gasteiger partial charge >= 0.3 is 5.63 Å². The van der Waals surface area contributed by atoms with Crippen LogP contribution in [-0.4, -0.2) is 27.9 Å². The Balaban J connectivity index is 1.44. The van der Waals surface area contributed by atoms with Gasteiger partial charge in [-0.2, -0.15) is 0 Å². The van der Waals surface area contributed by atoms with E-state index in [0.29, 0.717) is 17.4 Å². The molecule has 2 aliphatic rings. The first-order chi connectivity index (χ1) is 14.5. The van der Waals surface area contributed by atoms with Gasteiger partial charge in [-0.05, 0) is 62.1 Å². The van der Waals surface area contributed by atoms with Crippen molar-refractivity contribution in [1.29, 1.82) is 0 Å². The first kappa shape index (κ1) is 19.7. The van der Waals surface area contributed by atoms with Gasteiger partial charge in [0.15, 0.2) is 5.16 Å². The standard InChI is InChI=1S/C23H28N4O2S/c1-14-8-10-26(11-9-14)22-24-25-23(27(22)18-5-6-18)30-13-17-12-20(28)29-21-16(3)15(2)4-7-19(17)21/h4,7,12,14,18H,5-6,8-11,13H2,1-3H3. The molecule has 1 aromatic carbocycles. The van der Waals surface area contributed by atoms with Crippen molar-refractivity contribution in [1.82, 2.24) is 14.8 Å². The molecule has 0 bridgehead atoms. The van der Waals surface area contributed by atoms with E-state index in [2.05, 4.69) is 38.7 Å². The van der Waals surface area contributed by atoms with Gasteiger partial charge in [-0.25, -0.2) is 4.79 Å². The van der Waals surface area contributed by atoms with E-state index in [1.807, 2.05) is 13.8 Å². The summed E-state index contributed by atoms with van der Waals surface area (Å²) >= 11 is 1.67. The smallest absolute Gasteiger partial charge is 0.336 e. The highest BCUT2D eigenvalue weighted by molar-refractivity contribution is 7.98. The predicted molar refractivity (Wildman–Crippen MR) is 120 cm³/mol.